The Morgan fingerprint density at radius 1 is 1.11 bits per heavy atom. The van der Waals surface area contributed by atoms with Gasteiger partial charge in [-0.2, -0.15) is 0 Å². The summed E-state index contributed by atoms with van der Waals surface area (Å²) in [4.78, 5) is 14.4. The molecule has 1 amide bonds. The molecule has 0 aliphatic heterocycles. The van der Waals surface area contributed by atoms with Crippen molar-refractivity contribution in [2.24, 2.45) is 0 Å². The van der Waals surface area contributed by atoms with E-state index in [1.54, 1.807) is 7.11 Å². The normalized spacial score (nSPS) is 10.6. The topological polar surface area (TPSA) is 68.5 Å². The summed E-state index contributed by atoms with van der Waals surface area (Å²) in [5.41, 5.74) is 1.91. The van der Waals surface area contributed by atoms with Gasteiger partial charge < -0.3 is 14.1 Å². The molecule has 6 heteroatoms. The van der Waals surface area contributed by atoms with Gasteiger partial charge in [0.25, 0.3) is 0 Å². The minimum absolute atomic E-state index is 0.0717. The summed E-state index contributed by atoms with van der Waals surface area (Å²) < 4.78 is 10.9. The highest BCUT2D eigenvalue weighted by molar-refractivity contribution is 5.76. The minimum atomic E-state index is 0.0717. The number of aromatic nitrogens is 2. The van der Waals surface area contributed by atoms with Gasteiger partial charge in [-0.1, -0.05) is 36.4 Å². The first kappa shape index (κ1) is 18.6. The van der Waals surface area contributed by atoms with Crippen LogP contribution in [0.5, 0.6) is 5.75 Å². The van der Waals surface area contributed by atoms with Crippen molar-refractivity contribution in [2.75, 3.05) is 13.7 Å². The summed E-state index contributed by atoms with van der Waals surface area (Å²) in [7, 11) is 1.61. The van der Waals surface area contributed by atoms with Gasteiger partial charge in [-0.15, -0.1) is 10.2 Å². The monoisotopic (exact) mass is 365 g/mol. The Labute approximate surface area is 158 Å². The SMILES string of the molecule is CCN(Cc1ccccc1)C(=O)CCc1nnc(-c2cccc(OC)c2)o1. The van der Waals surface area contributed by atoms with Gasteiger partial charge in [0.05, 0.1) is 7.11 Å². The molecular weight excluding hydrogens is 342 g/mol. The predicted octanol–water partition coefficient (Wildman–Crippen LogP) is 3.73. The molecule has 0 fully saturated rings. The van der Waals surface area contributed by atoms with Crippen LogP contribution in [0.4, 0.5) is 0 Å². The standard InChI is InChI=1S/C21H23N3O3/c1-3-24(15-16-8-5-4-6-9-16)20(25)13-12-19-22-23-21(27-19)17-10-7-11-18(14-17)26-2/h4-11,14H,3,12-13,15H2,1-2H3. The van der Waals surface area contributed by atoms with Crippen molar-refractivity contribution < 1.29 is 13.9 Å². The van der Waals surface area contributed by atoms with Crippen LogP contribution in [0.25, 0.3) is 11.5 Å². The van der Waals surface area contributed by atoms with Crippen molar-refractivity contribution in [3.63, 3.8) is 0 Å². The number of amides is 1. The molecule has 27 heavy (non-hydrogen) atoms. The number of carbonyl (C=O) groups excluding carboxylic acids is 1. The van der Waals surface area contributed by atoms with E-state index in [9.17, 15) is 4.79 Å². The average molecular weight is 365 g/mol. The minimum Gasteiger partial charge on any atom is -0.497 e. The van der Waals surface area contributed by atoms with Gasteiger partial charge in [-0.3, -0.25) is 4.79 Å². The summed E-state index contributed by atoms with van der Waals surface area (Å²) in [6.45, 7) is 3.25. The van der Waals surface area contributed by atoms with Crippen LogP contribution in [0, 0.1) is 0 Å². The first-order valence-corrected chi connectivity index (χ1v) is 8.98. The largest absolute Gasteiger partial charge is 0.497 e. The van der Waals surface area contributed by atoms with Gasteiger partial charge in [-0.25, -0.2) is 0 Å². The fourth-order valence-corrected chi connectivity index (χ4v) is 2.78. The maximum absolute atomic E-state index is 12.5. The molecule has 3 rings (SSSR count). The Balaban J connectivity index is 1.59. The third-order valence-corrected chi connectivity index (χ3v) is 4.29. The van der Waals surface area contributed by atoms with E-state index in [0.717, 1.165) is 16.9 Å². The molecule has 0 aliphatic rings. The summed E-state index contributed by atoms with van der Waals surface area (Å²) in [5.74, 6) is 1.68. The van der Waals surface area contributed by atoms with E-state index in [1.165, 1.54) is 0 Å². The molecule has 0 radical (unpaired) electrons. The van der Waals surface area contributed by atoms with Crippen LogP contribution in [0.15, 0.2) is 59.0 Å². The zero-order valence-corrected chi connectivity index (χ0v) is 15.6. The van der Waals surface area contributed by atoms with Crippen molar-refractivity contribution >= 4 is 5.91 Å². The molecular formula is C21H23N3O3. The second-order valence-corrected chi connectivity index (χ2v) is 6.13. The molecule has 1 aromatic heterocycles. The molecule has 6 nitrogen and oxygen atoms in total. The number of hydrogen-bond acceptors (Lipinski definition) is 5. The summed E-state index contributed by atoms with van der Waals surface area (Å²) in [5, 5.41) is 8.14. The highest BCUT2D eigenvalue weighted by Crippen LogP contribution is 2.23. The molecule has 0 spiro atoms. The van der Waals surface area contributed by atoms with Gasteiger partial charge in [0.1, 0.15) is 5.75 Å². The van der Waals surface area contributed by atoms with Gasteiger partial charge in [0.15, 0.2) is 0 Å². The first-order valence-electron chi connectivity index (χ1n) is 8.98. The second kappa shape index (κ2) is 8.98. The number of methoxy groups -OCH3 is 1. The fourth-order valence-electron chi connectivity index (χ4n) is 2.78. The van der Waals surface area contributed by atoms with Gasteiger partial charge in [-0.05, 0) is 30.7 Å². The second-order valence-electron chi connectivity index (χ2n) is 6.13. The van der Waals surface area contributed by atoms with E-state index in [0.29, 0.717) is 37.7 Å². The van der Waals surface area contributed by atoms with Gasteiger partial charge in [0, 0.05) is 31.5 Å². The lowest BCUT2D eigenvalue weighted by Crippen LogP contribution is -2.30. The molecule has 140 valence electrons. The van der Waals surface area contributed by atoms with Crippen LogP contribution in [-0.4, -0.2) is 34.7 Å². The van der Waals surface area contributed by atoms with E-state index in [2.05, 4.69) is 10.2 Å². The van der Waals surface area contributed by atoms with E-state index in [-0.39, 0.29) is 5.91 Å². The van der Waals surface area contributed by atoms with Crippen molar-refractivity contribution in [3.8, 4) is 17.2 Å². The van der Waals surface area contributed by atoms with Crippen LogP contribution >= 0.6 is 0 Å². The van der Waals surface area contributed by atoms with Crippen molar-refractivity contribution in [2.45, 2.75) is 26.3 Å². The molecule has 0 saturated carbocycles. The van der Waals surface area contributed by atoms with E-state index in [4.69, 9.17) is 9.15 Å². The molecule has 3 aromatic rings. The third kappa shape index (κ3) is 4.94. The van der Waals surface area contributed by atoms with Crippen molar-refractivity contribution in [1.29, 1.82) is 0 Å². The first-order chi connectivity index (χ1) is 13.2. The molecule has 0 saturated heterocycles. The number of carbonyl (C=O) groups is 1. The number of aryl methyl sites for hydroxylation is 1. The number of benzene rings is 2. The van der Waals surface area contributed by atoms with Crippen LogP contribution in [0.1, 0.15) is 24.8 Å². The molecule has 0 N–H and O–H groups in total. The number of ether oxygens (including phenoxy) is 1. The molecule has 0 aliphatic carbocycles. The third-order valence-electron chi connectivity index (χ3n) is 4.29. The zero-order valence-electron chi connectivity index (χ0n) is 15.6. The number of hydrogen-bond donors (Lipinski definition) is 0. The summed E-state index contributed by atoms with van der Waals surface area (Å²) in [6.07, 6.45) is 0.751. The maximum Gasteiger partial charge on any atom is 0.247 e. The van der Waals surface area contributed by atoms with E-state index < -0.39 is 0 Å². The lowest BCUT2D eigenvalue weighted by atomic mass is 10.2. The van der Waals surface area contributed by atoms with Crippen LogP contribution in [-0.2, 0) is 17.8 Å². The Morgan fingerprint density at radius 2 is 1.93 bits per heavy atom. The van der Waals surface area contributed by atoms with Crippen molar-refractivity contribution in [3.05, 3.63) is 66.1 Å². The molecule has 1 heterocycles. The number of nitrogens with zero attached hydrogens (tertiary/aromatic N) is 3. The lowest BCUT2D eigenvalue weighted by molar-refractivity contribution is -0.131. The van der Waals surface area contributed by atoms with E-state index >= 15 is 0 Å². The van der Waals surface area contributed by atoms with Gasteiger partial charge in [0.2, 0.25) is 17.7 Å². The molecule has 0 bridgehead atoms. The highest BCUT2D eigenvalue weighted by atomic mass is 16.5. The predicted molar refractivity (Wildman–Crippen MR) is 102 cm³/mol. The zero-order chi connectivity index (χ0) is 19.1. The Kier molecular flexibility index (Phi) is 6.20. The molecule has 0 atom stereocenters. The van der Waals surface area contributed by atoms with Crippen LogP contribution in [0.3, 0.4) is 0 Å². The Morgan fingerprint density at radius 3 is 2.67 bits per heavy atom. The fraction of sp³-hybridized carbons (Fsp3) is 0.286. The average Bonchev–Trinajstić information content (AvgIpc) is 3.20. The number of rotatable bonds is 8. The van der Waals surface area contributed by atoms with E-state index in [1.807, 2.05) is 66.4 Å². The quantitative estimate of drug-likeness (QED) is 0.608. The highest BCUT2D eigenvalue weighted by Gasteiger charge is 2.15. The summed E-state index contributed by atoms with van der Waals surface area (Å²) in [6, 6.07) is 17.4. The summed E-state index contributed by atoms with van der Waals surface area (Å²) >= 11 is 0. The van der Waals surface area contributed by atoms with Gasteiger partial charge >= 0.3 is 0 Å². The maximum atomic E-state index is 12.5. The Bertz CT molecular complexity index is 877. The Hall–Kier alpha value is -3.15. The molecule has 2 aromatic carbocycles. The molecule has 0 unspecified atom stereocenters. The lowest BCUT2D eigenvalue weighted by Gasteiger charge is -2.20. The van der Waals surface area contributed by atoms with Crippen LogP contribution < -0.4 is 4.74 Å². The van der Waals surface area contributed by atoms with Crippen LogP contribution in [0.2, 0.25) is 0 Å². The smallest absolute Gasteiger partial charge is 0.247 e. The van der Waals surface area contributed by atoms with Crippen molar-refractivity contribution in [1.82, 2.24) is 15.1 Å².